The molecule has 1 aliphatic rings. The van der Waals surface area contributed by atoms with Crippen LogP contribution in [0.4, 0.5) is 8.78 Å². The summed E-state index contributed by atoms with van der Waals surface area (Å²) < 4.78 is 60.9. The first-order chi connectivity index (χ1) is 16.9. The fourth-order valence-corrected chi connectivity index (χ4v) is 5.63. The van der Waals surface area contributed by atoms with E-state index in [2.05, 4.69) is 20.3 Å². The molecule has 0 bridgehead atoms. The van der Waals surface area contributed by atoms with Crippen LogP contribution >= 0.6 is 11.6 Å². The third-order valence-corrected chi connectivity index (χ3v) is 7.72. The molecule has 3 aromatic heterocycles. The van der Waals surface area contributed by atoms with E-state index in [9.17, 15) is 22.0 Å². The van der Waals surface area contributed by atoms with Crippen LogP contribution in [-0.4, -0.2) is 63.9 Å². The van der Waals surface area contributed by atoms with Gasteiger partial charge in [-0.3, -0.25) is 9.78 Å². The third kappa shape index (κ3) is 6.01. The Morgan fingerprint density at radius 1 is 1.25 bits per heavy atom. The quantitative estimate of drug-likeness (QED) is 0.460. The van der Waals surface area contributed by atoms with Crippen LogP contribution in [0.3, 0.4) is 0 Å². The number of alkyl halides is 2. The number of ether oxygens (including phenoxy) is 2. The predicted molar refractivity (Wildman–Crippen MR) is 127 cm³/mol. The first-order valence-electron chi connectivity index (χ1n) is 11.0. The molecule has 4 rings (SSSR count). The van der Waals surface area contributed by atoms with Gasteiger partial charge in [-0.1, -0.05) is 11.6 Å². The molecule has 36 heavy (non-hydrogen) atoms. The number of rotatable bonds is 8. The molecule has 0 spiro atoms. The number of aryl methyl sites for hydroxylation is 1. The second kappa shape index (κ2) is 10.1. The molecule has 0 aromatic carbocycles. The lowest BCUT2D eigenvalue weighted by molar-refractivity contribution is 0.0804. The van der Waals surface area contributed by atoms with Crippen molar-refractivity contribution in [3.05, 3.63) is 40.9 Å². The summed E-state index contributed by atoms with van der Waals surface area (Å²) in [5, 5.41) is 3.14. The Kier molecular flexibility index (Phi) is 7.32. The third-order valence-electron chi connectivity index (χ3n) is 5.86. The monoisotopic (exact) mass is 543 g/mol. The molecule has 14 heteroatoms. The fourth-order valence-electron chi connectivity index (χ4n) is 3.75. The van der Waals surface area contributed by atoms with Gasteiger partial charge in [-0.05, 0) is 25.8 Å². The number of nitrogens with zero attached hydrogens (tertiary/aromatic N) is 4. The molecule has 1 amide bonds. The standard InChI is InChI=1S/C22H24ClF2N5O5S/c1-22(5-7-36(32,33)8-6-22)29-21(31)20-27-14-3-4-18(28-19(14)30(20)2)35-11-15-16(34-12-17(24)25)9-13(23)10-26-15/h3-4,9-10,17H,5-8,11-12H2,1-2H3,(H,29,31). The number of aromatic nitrogens is 4. The number of nitrogens with one attached hydrogen (secondary N) is 1. The minimum Gasteiger partial charge on any atom is -0.486 e. The van der Waals surface area contributed by atoms with Gasteiger partial charge in [0.25, 0.3) is 12.3 Å². The van der Waals surface area contributed by atoms with E-state index in [-0.39, 0.29) is 46.3 Å². The van der Waals surface area contributed by atoms with Crippen molar-refractivity contribution in [2.45, 2.75) is 38.3 Å². The molecule has 4 heterocycles. The lowest BCUT2D eigenvalue weighted by atomic mass is 9.95. The van der Waals surface area contributed by atoms with Gasteiger partial charge in [0.2, 0.25) is 11.7 Å². The molecule has 1 fully saturated rings. The highest BCUT2D eigenvalue weighted by Crippen LogP contribution is 2.26. The molecule has 1 N–H and O–H groups in total. The van der Waals surface area contributed by atoms with Crippen LogP contribution in [-0.2, 0) is 23.5 Å². The van der Waals surface area contributed by atoms with Crippen molar-refractivity contribution in [1.29, 1.82) is 0 Å². The van der Waals surface area contributed by atoms with E-state index in [0.29, 0.717) is 24.0 Å². The molecule has 194 valence electrons. The Balaban J connectivity index is 1.48. The smallest absolute Gasteiger partial charge is 0.287 e. The first kappa shape index (κ1) is 26.0. The average molecular weight is 544 g/mol. The van der Waals surface area contributed by atoms with Crippen LogP contribution in [0, 0.1) is 0 Å². The van der Waals surface area contributed by atoms with Crippen LogP contribution in [0.2, 0.25) is 5.02 Å². The highest BCUT2D eigenvalue weighted by atomic mass is 35.5. The SMILES string of the molecule is Cn1c(C(=O)NC2(C)CCS(=O)(=O)CC2)nc2ccc(OCc3ncc(Cl)cc3OCC(F)F)nc21. The number of sulfone groups is 1. The van der Waals surface area contributed by atoms with Gasteiger partial charge in [-0.15, -0.1) is 0 Å². The molecule has 1 aliphatic heterocycles. The van der Waals surface area contributed by atoms with Gasteiger partial charge in [0.1, 0.15) is 40.0 Å². The van der Waals surface area contributed by atoms with Crippen LogP contribution in [0.25, 0.3) is 11.2 Å². The molecule has 0 atom stereocenters. The van der Waals surface area contributed by atoms with Gasteiger partial charge in [-0.25, -0.2) is 22.2 Å². The predicted octanol–water partition coefficient (Wildman–Crippen LogP) is 2.94. The van der Waals surface area contributed by atoms with E-state index in [1.807, 2.05) is 6.92 Å². The van der Waals surface area contributed by atoms with Gasteiger partial charge < -0.3 is 19.4 Å². The van der Waals surface area contributed by atoms with E-state index in [1.54, 1.807) is 19.2 Å². The maximum atomic E-state index is 13.0. The second-order valence-corrected chi connectivity index (χ2v) is 11.5. The topological polar surface area (TPSA) is 125 Å². The van der Waals surface area contributed by atoms with E-state index in [4.69, 9.17) is 21.1 Å². The summed E-state index contributed by atoms with van der Waals surface area (Å²) in [5.74, 6) is -0.0131. The summed E-state index contributed by atoms with van der Waals surface area (Å²) in [4.78, 5) is 25.8. The summed E-state index contributed by atoms with van der Waals surface area (Å²) in [5.41, 5.74) is 0.441. The van der Waals surface area contributed by atoms with Crippen molar-refractivity contribution in [2.24, 2.45) is 7.05 Å². The van der Waals surface area contributed by atoms with Crippen LogP contribution in [0.1, 0.15) is 36.1 Å². The second-order valence-electron chi connectivity index (χ2n) is 8.74. The highest BCUT2D eigenvalue weighted by molar-refractivity contribution is 7.91. The van der Waals surface area contributed by atoms with Crippen LogP contribution < -0.4 is 14.8 Å². The van der Waals surface area contributed by atoms with E-state index in [1.165, 1.54) is 16.8 Å². The molecule has 0 saturated carbocycles. The molecule has 3 aromatic rings. The molecule has 0 unspecified atom stereocenters. The van der Waals surface area contributed by atoms with E-state index >= 15 is 0 Å². The van der Waals surface area contributed by atoms with Gasteiger partial charge in [0.15, 0.2) is 5.65 Å². The highest BCUT2D eigenvalue weighted by Gasteiger charge is 2.35. The van der Waals surface area contributed by atoms with Crippen LogP contribution in [0.5, 0.6) is 11.6 Å². The molecule has 0 aliphatic carbocycles. The Bertz CT molecular complexity index is 1380. The Labute approximate surface area is 210 Å². The zero-order valence-corrected chi connectivity index (χ0v) is 21.1. The van der Waals surface area contributed by atoms with Crippen molar-refractivity contribution in [1.82, 2.24) is 24.8 Å². The maximum absolute atomic E-state index is 13.0. The van der Waals surface area contributed by atoms with Crippen molar-refractivity contribution >= 4 is 38.5 Å². The number of carbonyl (C=O) groups excluding carboxylic acids is 1. The van der Waals surface area contributed by atoms with Gasteiger partial charge in [0.05, 0.1) is 16.5 Å². The number of fused-ring (bicyclic) bond motifs is 1. The van der Waals surface area contributed by atoms with Gasteiger partial charge >= 0.3 is 0 Å². The minimum absolute atomic E-state index is 0.0198. The molecule has 10 nitrogen and oxygen atoms in total. The zero-order chi connectivity index (χ0) is 26.1. The number of hydrogen-bond acceptors (Lipinski definition) is 8. The summed E-state index contributed by atoms with van der Waals surface area (Å²) in [6, 6.07) is 4.56. The summed E-state index contributed by atoms with van der Waals surface area (Å²) in [6.45, 7) is 0.880. The molecule has 1 saturated heterocycles. The van der Waals surface area contributed by atoms with Crippen molar-refractivity contribution in [2.75, 3.05) is 18.1 Å². The van der Waals surface area contributed by atoms with E-state index < -0.39 is 34.3 Å². The van der Waals surface area contributed by atoms with E-state index in [0.717, 1.165) is 0 Å². The summed E-state index contributed by atoms with van der Waals surface area (Å²) >= 11 is 5.89. The number of imidazole rings is 1. The molecule has 0 radical (unpaired) electrons. The van der Waals surface area contributed by atoms with Gasteiger partial charge in [-0.2, -0.15) is 4.98 Å². The van der Waals surface area contributed by atoms with Crippen LogP contribution in [0.15, 0.2) is 24.4 Å². The van der Waals surface area contributed by atoms with Crippen molar-refractivity contribution in [3.8, 4) is 11.6 Å². The lowest BCUT2D eigenvalue weighted by Crippen LogP contribution is -2.51. The normalized spacial score (nSPS) is 16.7. The number of hydrogen-bond donors (Lipinski definition) is 1. The zero-order valence-electron chi connectivity index (χ0n) is 19.5. The first-order valence-corrected chi connectivity index (χ1v) is 13.2. The average Bonchev–Trinajstić information content (AvgIpc) is 3.15. The van der Waals surface area contributed by atoms with Gasteiger partial charge in [0, 0.05) is 30.9 Å². The number of carbonyl (C=O) groups is 1. The number of halogens is 3. The lowest BCUT2D eigenvalue weighted by Gasteiger charge is -2.34. The van der Waals surface area contributed by atoms with Crippen molar-refractivity contribution in [3.63, 3.8) is 0 Å². The number of amides is 1. The maximum Gasteiger partial charge on any atom is 0.287 e. The largest absolute Gasteiger partial charge is 0.486 e. The fraction of sp³-hybridized carbons (Fsp3) is 0.455. The minimum atomic E-state index is -3.07. The van der Waals surface area contributed by atoms with Crippen molar-refractivity contribution < 1.29 is 31.5 Å². The Morgan fingerprint density at radius 2 is 1.97 bits per heavy atom. The molecular formula is C22H24ClF2N5O5S. The summed E-state index contributed by atoms with van der Waals surface area (Å²) in [7, 11) is -1.44. The summed E-state index contributed by atoms with van der Waals surface area (Å²) in [6.07, 6.45) is -0.668. The Hall–Kier alpha value is -3.06. The molecular weight excluding hydrogens is 520 g/mol. The Morgan fingerprint density at radius 3 is 2.67 bits per heavy atom. The number of pyridine rings is 2.